The smallest absolute Gasteiger partial charge is 0.250 e. The molecule has 0 bridgehead atoms. The highest BCUT2D eigenvalue weighted by atomic mass is 16.1. The third-order valence-corrected chi connectivity index (χ3v) is 3.99. The number of aromatic nitrogens is 1. The summed E-state index contributed by atoms with van der Waals surface area (Å²) in [6, 6.07) is 4.69. The average Bonchev–Trinajstić information content (AvgIpc) is 2.95. The Bertz CT molecular complexity index is 445. The predicted molar refractivity (Wildman–Crippen MR) is 69.4 cm³/mol. The van der Waals surface area contributed by atoms with Crippen LogP contribution in [0.4, 0.5) is 5.82 Å². The lowest BCUT2D eigenvalue weighted by Gasteiger charge is -2.21. The van der Waals surface area contributed by atoms with Gasteiger partial charge in [0.05, 0.1) is 5.56 Å². The maximum absolute atomic E-state index is 11.0. The van der Waals surface area contributed by atoms with Gasteiger partial charge in [-0.1, -0.05) is 0 Å². The van der Waals surface area contributed by atoms with Gasteiger partial charge in [-0.25, -0.2) is 4.98 Å². The number of nitrogens with two attached hydrogens (primary N) is 1. The molecule has 96 valence electrons. The Kier molecular flexibility index (Phi) is 2.91. The van der Waals surface area contributed by atoms with E-state index < -0.39 is 5.91 Å². The van der Waals surface area contributed by atoms with Crippen molar-refractivity contribution in [2.24, 2.45) is 5.73 Å². The normalized spacial score (nSPS) is 27.1. The molecule has 2 fully saturated rings. The van der Waals surface area contributed by atoms with Gasteiger partial charge >= 0.3 is 0 Å². The van der Waals surface area contributed by atoms with E-state index in [1.165, 1.54) is 38.5 Å². The number of primary amides is 1. The standard InChI is InChI=1S/C13H18N4O/c14-13(18)9-3-4-12(15-8-9)16-10-5-7-17-6-1-2-11(10)17/h3-4,8,10-11H,1-2,5-7H2,(H2,14,18)(H,15,16). The monoisotopic (exact) mass is 246 g/mol. The minimum Gasteiger partial charge on any atom is -0.366 e. The van der Waals surface area contributed by atoms with Crippen molar-refractivity contribution in [3.05, 3.63) is 23.9 Å². The minimum atomic E-state index is -0.433. The molecule has 2 saturated heterocycles. The maximum atomic E-state index is 11.0. The lowest BCUT2D eigenvalue weighted by atomic mass is 10.1. The van der Waals surface area contributed by atoms with E-state index in [-0.39, 0.29) is 0 Å². The first-order chi connectivity index (χ1) is 8.74. The third-order valence-electron chi connectivity index (χ3n) is 3.99. The van der Waals surface area contributed by atoms with Crippen LogP contribution in [0, 0.1) is 0 Å². The SMILES string of the molecule is NC(=O)c1ccc(NC2CCN3CCCC23)nc1. The Morgan fingerprint density at radius 3 is 3.00 bits per heavy atom. The summed E-state index contributed by atoms with van der Waals surface area (Å²) in [5, 5.41) is 3.47. The second-order valence-electron chi connectivity index (χ2n) is 5.08. The van der Waals surface area contributed by atoms with E-state index in [1.54, 1.807) is 6.07 Å². The largest absolute Gasteiger partial charge is 0.366 e. The van der Waals surface area contributed by atoms with Crippen molar-refractivity contribution < 1.29 is 4.79 Å². The Morgan fingerprint density at radius 1 is 1.39 bits per heavy atom. The number of nitrogens with zero attached hydrogens (tertiary/aromatic N) is 2. The first-order valence-corrected chi connectivity index (χ1v) is 6.50. The van der Waals surface area contributed by atoms with E-state index in [1.807, 2.05) is 6.07 Å². The fourth-order valence-corrected chi connectivity index (χ4v) is 3.07. The van der Waals surface area contributed by atoms with Crippen LogP contribution in [0.3, 0.4) is 0 Å². The summed E-state index contributed by atoms with van der Waals surface area (Å²) < 4.78 is 0. The van der Waals surface area contributed by atoms with Crippen molar-refractivity contribution >= 4 is 11.7 Å². The maximum Gasteiger partial charge on any atom is 0.250 e. The molecular formula is C13H18N4O. The highest BCUT2D eigenvalue weighted by molar-refractivity contribution is 5.92. The number of hydrogen-bond acceptors (Lipinski definition) is 4. The molecule has 3 heterocycles. The lowest BCUT2D eigenvalue weighted by Crippen LogP contribution is -2.34. The molecule has 2 aliphatic heterocycles. The van der Waals surface area contributed by atoms with Gasteiger partial charge in [0.1, 0.15) is 5.82 Å². The van der Waals surface area contributed by atoms with Crippen molar-refractivity contribution in [1.29, 1.82) is 0 Å². The van der Waals surface area contributed by atoms with Gasteiger partial charge in [0.15, 0.2) is 0 Å². The van der Waals surface area contributed by atoms with Gasteiger partial charge in [0.2, 0.25) is 5.91 Å². The van der Waals surface area contributed by atoms with E-state index >= 15 is 0 Å². The van der Waals surface area contributed by atoms with Crippen molar-refractivity contribution in [2.45, 2.75) is 31.3 Å². The lowest BCUT2D eigenvalue weighted by molar-refractivity contribution is 0.1000. The first kappa shape index (κ1) is 11.5. The van der Waals surface area contributed by atoms with Crippen molar-refractivity contribution in [3.63, 3.8) is 0 Å². The van der Waals surface area contributed by atoms with Crippen molar-refractivity contribution in [1.82, 2.24) is 9.88 Å². The molecule has 2 aliphatic rings. The summed E-state index contributed by atoms with van der Waals surface area (Å²) in [6.45, 7) is 2.42. The van der Waals surface area contributed by atoms with Crippen LogP contribution in [0.25, 0.3) is 0 Å². The van der Waals surface area contributed by atoms with Gasteiger partial charge in [-0.2, -0.15) is 0 Å². The second-order valence-corrected chi connectivity index (χ2v) is 5.08. The van der Waals surface area contributed by atoms with Crippen molar-refractivity contribution in [2.75, 3.05) is 18.4 Å². The molecular weight excluding hydrogens is 228 g/mol. The molecule has 0 saturated carbocycles. The van der Waals surface area contributed by atoms with Crippen LogP contribution in [-0.4, -0.2) is 41.0 Å². The average molecular weight is 246 g/mol. The Hall–Kier alpha value is -1.62. The zero-order valence-corrected chi connectivity index (χ0v) is 10.3. The number of anilines is 1. The highest BCUT2D eigenvalue weighted by Crippen LogP contribution is 2.29. The molecule has 0 radical (unpaired) electrons. The molecule has 5 nitrogen and oxygen atoms in total. The van der Waals surface area contributed by atoms with Gasteiger partial charge < -0.3 is 11.1 Å². The van der Waals surface area contributed by atoms with E-state index in [9.17, 15) is 4.79 Å². The first-order valence-electron chi connectivity index (χ1n) is 6.50. The minimum absolute atomic E-state index is 0.433. The molecule has 1 aromatic heterocycles. The van der Waals surface area contributed by atoms with Crippen LogP contribution in [0.2, 0.25) is 0 Å². The molecule has 5 heteroatoms. The summed E-state index contributed by atoms with van der Waals surface area (Å²) in [5.74, 6) is 0.399. The zero-order chi connectivity index (χ0) is 12.5. The molecule has 2 atom stereocenters. The molecule has 3 N–H and O–H groups in total. The number of carbonyl (C=O) groups excluding carboxylic acids is 1. The summed E-state index contributed by atoms with van der Waals surface area (Å²) in [5.41, 5.74) is 5.64. The molecule has 1 aromatic rings. The molecule has 2 unspecified atom stereocenters. The molecule has 3 rings (SSSR count). The Balaban J connectivity index is 1.67. The highest BCUT2D eigenvalue weighted by Gasteiger charge is 2.37. The van der Waals surface area contributed by atoms with Crippen LogP contribution in [0.15, 0.2) is 18.3 Å². The summed E-state index contributed by atoms with van der Waals surface area (Å²) in [4.78, 5) is 17.8. The van der Waals surface area contributed by atoms with Crippen LogP contribution in [0.5, 0.6) is 0 Å². The molecule has 0 aromatic carbocycles. The van der Waals surface area contributed by atoms with Crippen LogP contribution >= 0.6 is 0 Å². The summed E-state index contributed by atoms with van der Waals surface area (Å²) >= 11 is 0. The molecule has 0 aliphatic carbocycles. The number of nitrogens with one attached hydrogen (secondary N) is 1. The topological polar surface area (TPSA) is 71.2 Å². The van der Waals surface area contributed by atoms with Crippen LogP contribution in [-0.2, 0) is 0 Å². The molecule has 0 spiro atoms. The van der Waals surface area contributed by atoms with Crippen LogP contribution < -0.4 is 11.1 Å². The van der Waals surface area contributed by atoms with Gasteiger partial charge in [-0.15, -0.1) is 0 Å². The number of rotatable bonds is 3. The quantitative estimate of drug-likeness (QED) is 0.828. The summed E-state index contributed by atoms with van der Waals surface area (Å²) in [6.07, 6.45) is 5.28. The van der Waals surface area contributed by atoms with Gasteiger partial charge in [0, 0.05) is 24.8 Å². The number of hydrogen-bond donors (Lipinski definition) is 2. The van der Waals surface area contributed by atoms with E-state index in [0.29, 0.717) is 17.6 Å². The summed E-state index contributed by atoms with van der Waals surface area (Å²) in [7, 11) is 0. The number of carbonyl (C=O) groups is 1. The zero-order valence-electron chi connectivity index (χ0n) is 10.3. The fraction of sp³-hybridized carbons (Fsp3) is 0.538. The predicted octanol–water partition coefficient (Wildman–Crippen LogP) is 0.829. The number of amides is 1. The molecule has 18 heavy (non-hydrogen) atoms. The number of fused-ring (bicyclic) bond motifs is 1. The third kappa shape index (κ3) is 2.06. The van der Waals surface area contributed by atoms with Crippen LogP contribution in [0.1, 0.15) is 29.6 Å². The fourth-order valence-electron chi connectivity index (χ4n) is 3.07. The van der Waals surface area contributed by atoms with E-state index in [4.69, 9.17) is 5.73 Å². The van der Waals surface area contributed by atoms with E-state index in [2.05, 4.69) is 15.2 Å². The van der Waals surface area contributed by atoms with Gasteiger partial charge in [0.25, 0.3) is 0 Å². The van der Waals surface area contributed by atoms with Crippen molar-refractivity contribution in [3.8, 4) is 0 Å². The Labute approximate surface area is 106 Å². The molecule has 1 amide bonds. The van der Waals surface area contributed by atoms with E-state index in [0.717, 1.165) is 5.82 Å². The second kappa shape index (κ2) is 4.57. The number of pyridine rings is 1. The van der Waals surface area contributed by atoms with Gasteiger partial charge in [-0.05, 0) is 37.9 Å². The van der Waals surface area contributed by atoms with Gasteiger partial charge in [-0.3, -0.25) is 9.69 Å². The Morgan fingerprint density at radius 2 is 2.28 bits per heavy atom.